The normalized spacial score (nSPS) is 10.6. The van der Waals surface area contributed by atoms with Crippen molar-refractivity contribution in [2.45, 2.75) is 20.0 Å². The van der Waals surface area contributed by atoms with Gasteiger partial charge in [-0.25, -0.2) is 8.78 Å². The molecule has 106 valence electrons. The first kappa shape index (κ1) is 14.4. The van der Waals surface area contributed by atoms with Gasteiger partial charge in [-0.15, -0.1) is 0 Å². The van der Waals surface area contributed by atoms with Crippen LogP contribution < -0.4 is 10.6 Å². The summed E-state index contributed by atoms with van der Waals surface area (Å²) in [7, 11) is 0. The zero-order valence-corrected chi connectivity index (χ0v) is 11.3. The molecule has 0 fully saturated rings. The van der Waals surface area contributed by atoms with Gasteiger partial charge in [0, 0.05) is 37.6 Å². The van der Waals surface area contributed by atoms with Crippen molar-refractivity contribution in [3.63, 3.8) is 0 Å². The van der Waals surface area contributed by atoms with E-state index < -0.39 is 11.6 Å². The summed E-state index contributed by atoms with van der Waals surface area (Å²) in [5.41, 5.74) is 6.80. The first-order chi connectivity index (χ1) is 9.67. The Kier molecular flexibility index (Phi) is 4.63. The highest BCUT2D eigenvalue weighted by atomic mass is 19.2. The molecule has 0 saturated carbocycles. The number of benzene rings is 1. The van der Waals surface area contributed by atoms with Crippen molar-refractivity contribution in [1.29, 1.82) is 0 Å². The summed E-state index contributed by atoms with van der Waals surface area (Å²) in [6.45, 7) is 2.95. The molecule has 0 unspecified atom stereocenters. The van der Waals surface area contributed by atoms with Gasteiger partial charge in [-0.2, -0.15) is 0 Å². The molecule has 20 heavy (non-hydrogen) atoms. The van der Waals surface area contributed by atoms with Crippen molar-refractivity contribution >= 4 is 5.69 Å². The van der Waals surface area contributed by atoms with Crippen molar-refractivity contribution < 1.29 is 8.78 Å². The Bertz CT molecular complexity index is 573. The third-order valence-electron chi connectivity index (χ3n) is 3.21. The van der Waals surface area contributed by atoms with E-state index in [1.165, 1.54) is 6.07 Å². The summed E-state index contributed by atoms with van der Waals surface area (Å²) >= 11 is 0. The molecule has 0 bridgehead atoms. The average molecular weight is 277 g/mol. The molecule has 0 aliphatic heterocycles. The summed E-state index contributed by atoms with van der Waals surface area (Å²) in [4.78, 5) is 5.71. The smallest absolute Gasteiger partial charge is 0.182 e. The van der Waals surface area contributed by atoms with Crippen LogP contribution in [-0.4, -0.2) is 11.5 Å². The molecule has 1 heterocycles. The van der Waals surface area contributed by atoms with E-state index >= 15 is 0 Å². The minimum absolute atomic E-state index is 0.0144. The lowest BCUT2D eigenvalue weighted by Crippen LogP contribution is -2.24. The Labute approximate surface area is 117 Å². The van der Waals surface area contributed by atoms with Crippen LogP contribution in [0.4, 0.5) is 14.5 Å². The third kappa shape index (κ3) is 2.93. The van der Waals surface area contributed by atoms with Crippen LogP contribution >= 0.6 is 0 Å². The predicted molar refractivity (Wildman–Crippen MR) is 75.2 cm³/mol. The van der Waals surface area contributed by atoms with E-state index in [-0.39, 0.29) is 17.8 Å². The molecule has 0 spiro atoms. The van der Waals surface area contributed by atoms with E-state index in [2.05, 4.69) is 4.98 Å². The van der Waals surface area contributed by atoms with Crippen LogP contribution in [0.5, 0.6) is 0 Å². The Morgan fingerprint density at radius 1 is 1.10 bits per heavy atom. The highest BCUT2D eigenvalue weighted by molar-refractivity contribution is 5.50. The first-order valence-electron chi connectivity index (χ1n) is 6.48. The number of anilines is 1. The number of aromatic nitrogens is 1. The number of halogens is 2. The van der Waals surface area contributed by atoms with E-state index in [1.807, 2.05) is 19.1 Å². The Morgan fingerprint density at radius 2 is 1.80 bits per heavy atom. The van der Waals surface area contributed by atoms with Gasteiger partial charge in [0.05, 0.1) is 5.69 Å². The highest BCUT2D eigenvalue weighted by Gasteiger charge is 2.16. The molecule has 2 aromatic rings. The maximum absolute atomic E-state index is 14.1. The summed E-state index contributed by atoms with van der Waals surface area (Å²) in [5.74, 6) is -1.71. The van der Waals surface area contributed by atoms with Gasteiger partial charge in [0.15, 0.2) is 11.6 Å². The van der Waals surface area contributed by atoms with Crippen LogP contribution in [0.1, 0.15) is 18.1 Å². The third-order valence-corrected chi connectivity index (χ3v) is 3.21. The first-order valence-corrected chi connectivity index (χ1v) is 6.48. The Balaban J connectivity index is 2.30. The molecular weight excluding hydrogens is 260 g/mol. The molecular formula is C15H17F2N3. The molecule has 0 aliphatic carbocycles. The van der Waals surface area contributed by atoms with Crippen molar-refractivity contribution in [3.8, 4) is 0 Å². The molecule has 5 heteroatoms. The van der Waals surface area contributed by atoms with Crippen LogP contribution in [0.15, 0.2) is 36.7 Å². The number of pyridine rings is 1. The standard InChI is InChI=1S/C15H17F2N3/c1-2-20(10-11-5-7-19-8-6-11)13-4-3-12(9-18)14(16)15(13)17/h3-8H,2,9-10,18H2,1H3. The van der Waals surface area contributed by atoms with Gasteiger partial charge < -0.3 is 10.6 Å². The van der Waals surface area contributed by atoms with Crippen LogP contribution in [0, 0.1) is 11.6 Å². The topological polar surface area (TPSA) is 42.2 Å². The molecule has 2 rings (SSSR count). The molecule has 2 N–H and O–H groups in total. The van der Waals surface area contributed by atoms with Crippen molar-refractivity contribution in [2.24, 2.45) is 5.73 Å². The van der Waals surface area contributed by atoms with Crippen molar-refractivity contribution in [2.75, 3.05) is 11.4 Å². The van der Waals surface area contributed by atoms with Gasteiger partial charge in [0.2, 0.25) is 0 Å². The zero-order valence-electron chi connectivity index (χ0n) is 11.3. The zero-order chi connectivity index (χ0) is 14.5. The van der Waals surface area contributed by atoms with Gasteiger partial charge in [0.25, 0.3) is 0 Å². The fourth-order valence-corrected chi connectivity index (χ4v) is 2.06. The highest BCUT2D eigenvalue weighted by Crippen LogP contribution is 2.25. The molecule has 0 saturated heterocycles. The molecule has 3 nitrogen and oxygen atoms in total. The fraction of sp³-hybridized carbons (Fsp3) is 0.267. The maximum atomic E-state index is 14.1. The number of nitrogens with zero attached hydrogens (tertiary/aromatic N) is 2. The van der Waals surface area contributed by atoms with E-state index in [1.54, 1.807) is 23.4 Å². The monoisotopic (exact) mass is 277 g/mol. The lowest BCUT2D eigenvalue weighted by molar-refractivity contribution is 0.497. The Morgan fingerprint density at radius 3 is 2.40 bits per heavy atom. The van der Waals surface area contributed by atoms with Crippen molar-refractivity contribution in [3.05, 3.63) is 59.4 Å². The lowest BCUT2D eigenvalue weighted by Gasteiger charge is -2.24. The van der Waals surface area contributed by atoms with E-state index in [0.717, 1.165) is 5.56 Å². The quantitative estimate of drug-likeness (QED) is 0.913. The van der Waals surface area contributed by atoms with Gasteiger partial charge in [-0.3, -0.25) is 4.98 Å². The van der Waals surface area contributed by atoms with Crippen LogP contribution in [-0.2, 0) is 13.1 Å². The second-order valence-corrected chi connectivity index (χ2v) is 4.45. The van der Waals surface area contributed by atoms with E-state index in [9.17, 15) is 8.78 Å². The predicted octanol–water partition coefficient (Wildman–Crippen LogP) is 2.85. The van der Waals surface area contributed by atoms with Gasteiger partial charge in [-0.05, 0) is 30.7 Å². The minimum Gasteiger partial charge on any atom is -0.365 e. The minimum atomic E-state index is -0.863. The van der Waals surface area contributed by atoms with Crippen molar-refractivity contribution in [1.82, 2.24) is 4.98 Å². The van der Waals surface area contributed by atoms with E-state index in [0.29, 0.717) is 13.1 Å². The number of hydrogen-bond acceptors (Lipinski definition) is 3. The second kappa shape index (κ2) is 6.43. The largest absolute Gasteiger partial charge is 0.365 e. The van der Waals surface area contributed by atoms with Crippen LogP contribution in [0.25, 0.3) is 0 Å². The fourth-order valence-electron chi connectivity index (χ4n) is 2.06. The average Bonchev–Trinajstić information content (AvgIpc) is 2.49. The molecule has 0 amide bonds. The lowest BCUT2D eigenvalue weighted by atomic mass is 10.1. The molecule has 0 atom stereocenters. The number of nitrogens with two attached hydrogens (primary N) is 1. The molecule has 0 aliphatic rings. The maximum Gasteiger partial charge on any atom is 0.182 e. The Hall–Kier alpha value is -2.01. The number of hydrogen-bond donors (Lipinski definition) is 1. The molecule has 0 radical (unpaired) electrons. The summed E-state index contributed by atoms with van der Waals surface area (Å²) in [6.07, 6.45) is 3.36. The summed E-state index contributed by atoms with van der Waals surface area (Å²) in [6, 6.07) is 6.81. The SMILES string of the molecule is CCN(Cc1ccncc1)c1ccc(CN)c(F)c1F. The molecule has 1 aromatic heterocycles. The molecule has 1 aromatic carbocycles. The van der Waals surface area contributed by atoms with Crippen LogP contribution in [0.2, 0.25) is 0 Å². The van der Waals surface area contributed by atoms with E-state index in [4.69, 9.17) is 5.73 Å². The summed E-state index contributed by atoms with van der Waals surface area (Å²) < 4.78 is 27.9. The summed E-state index contributed by atoms with van der Waals surface area (Å²) in [5, 5.41) is 0. The second-order valence-electron chi connectivity index (χ2n) is 4.45. The van der Waals surface area contributed by atoms with Gasteiger partial charge >= 0.3 is 0 Å². The van der Waals surface area contributed by atoms with Gasteiger partial charge in [-0.1, -0.05) is 6.07 Å². The van der Waals surface area contributed by atoms with Gasteiger partial charge in [0.1, 0.15) is 0 Å². The number of rotatable bonds is 5. The van der Waals surface area contributed by atoms with Crippen LogP contribution in [0.3, 0.4) is 0 Å².